The summed E-state index contributed by atoms with van der Waals surface area (Å²) in [6.07, 6.45) is 3.50. The highest BCUT2D eigenvalue weighted by Gasteiger charge is 2.35. The van der Waals surface area contributed by atoms with Crippen LogP contribution in [0.25, 0.3) is 0 Å². The first-order chi connectivity index (χ1) is 7.31. The second kappa shape index (κ2) is 5.17. The summed E-state index contributed by atoms with van der Waals surface area (Å²) in [5, 5.41) is 2.56. The summed E-state index contributed by atoms with van der Waals surface area (Å²) in [6.45, 7) is 5.81. The summed E-state index contributed by atoms with van der Waals surface area (Å²) in [5.41, 5.74) is -0.256. The predicted octanol–water partition coefficient (Wildman–Crippen LogP) is 2.47. The average molecular weight is 246 g/mol. The highest BCUT2D eigenvalue weighted by molar-refractivity contribution is 6.64. The molecule has 1 fully saturated rings. The van der Waals surface area contributed by atoms with Gasteiger partial charge in [-0.05, 0) is 45.2 Å². The number of halogens is 1. The second-order valence-corrected chi connectivity index (χ2v) is 5.91. The van der Waals surface area contributed by atoms with E-state index in [2.05, 4.69) is 5.32 Å². The van der Waals surface area contributed by atoms with Crippen molar-refractivity contribution in [2.24, 2.45) is 11.8 Å². The Bertz CT molecular complexity index is 283. The Morgan fingerprint density at radius 1 is 1.12 bits per heavy atom. The molecule has 0 saturated heterocycles. The second-order valence-electron chi connectivity index (χ2n) is 5.54. The molecule has 92 valence electrons. The van der Waals surface area contributed by atoms with E-state index in [1.165, 1.54) is 0 Å². The van der Waals surface area contributed by atoms with Gasteiger partial charge in [-0.15, -0.1) is 0 Å². The van der Waals surface area contributed by atoms with E-state index in [0.717, 1.165) is 25.7 Å². The maximum Gasteiger partial charge on any atom is 0.225 e. The number of rotatable bonds is 2. The molecular formula is C12H20ClNO2. The quantitative estimate of drug-likeness (QED) is 0.760. The van der Waals surface area contributed by atoms with E-state index in [9.17, 15) is 9.59 Å². The number of carbonyl (C=O) groups excluding carboxylic acids is 2. The van der Waals surface area contributed by atoms with Gasteiger partial charge in [0, 0.05) is 17.4 Å². The fourth-order valence-electron chi connectivity index (χ4n) is 2.18. The number of nitrogens with one attached hydrogen (secondary N) is 1. The van der Waals surface area contributed by atoms with Gasteiger partial charge in [-0.25, -0.2) is 0 Å². The molecule has 2 atom stereocenters. The van der Waals surface area contributed by atoms with Crippen LogP contribution in [-0.2, 0) is 9.59 Å². The van der Waals surface area contributed by atoms with Crippen molar-refractivity contribution in [3.8, 4) is 0 Å². The topological polar surface area (TPSA) is 46.2 Å². The molecule has 2 unspecified atom stereocenters. The zero-order valence-corrected chi connectivity index (χ0v) is 10.9. The Kier molecular flexibility index (Phi) is 4.36. The van der Waals surface area contributed by atoms with Crippen LogP contribution in [0.2, 0.25) is 0 Å². The van der Waals surface area contributed by atoms with Crippen LogP contribution >= 0.6 is 11.6 Å². The molecule has 1 saturated carbocycles. The minimum Gasteiger partial charge on any atom is -0.351 e. The molecule has 1 aliphatic carbocycles. The van der Waals surface area contributed by atoms with Crippen LogP contribution in [0, 0.1) is 11.8 Å². The van der Waals surface area contributed by atoms with Crippen molar-refractivity contribution in [1.29, 1.82) is 0 Å². The lowest BCUT2D eigenvalue weighted by Gasteiger charge is -2.31. The normalized spacial score (nSPS) is 26.2. The van der Waals surface area contributed by atoms with Crippen LogP contribution in [0.1, 0.15) is 46.5 Å². The number of amides is 1. The van der Waals surface area contributed by atoms with Gasteiger partial charge in [-0.2, -0.15) is 0 Å². The first-order valence-electron chi connectivity index (χ1n) is 5.82. The van der Waals surface area contributed by atoms with Crippen molar-refractivity contribution < 1.29 is 9.59 Å². The van der Waals surface area contributed by atoms with E-state index < -0.39 is 0 Å². The van der Waals surface area contributed by atoms with Gasteiger partial charge in [-0.1, -0.05) is 12.8 Å². The van der Waals surface area contributed by atoms with Crippen molar-refractivity contribution in [2.75, 3.05) is 0 Å². The molecule has 0 aromatic carbocycles. The van der Waals surface area contributed by atoms with E-state index in [1.807, 2.05) is 20.8 Å². The van der Waals surface area contributed by atoms with Crippen LogP contribution in [0.15, 0.2) is 0 Å². The standard InChI is InChI=1S/C12H20ClNO2/c1-12(2,3)14-11(16)9-7-5-4-6-8(9)10(13)15/h8-9H,4-7H2,1-3H3,(H,14,16). The molecule has 0 aliphatic heterocycles. The summed E-state index contributed by atoms with van der Waals surface area (Å²) < 4.78 is 0. The maximum atomic E-state index is 12.0. The Morgan fingerprint density at radius 2 is 1.62 bits per heavy atom. The fourth-order valence-corrected chi connectivity index (χ4v) is 2.44. The van der Waals surface area contributed by atoms with Gasteiger partial charge < -0.3 is 5.32 Å². The third-order valence-electron chi connectivity index (χ3n) is 2.89. The minimum atomic E-state index is -0.367. The Morgan fingerprint density at radius 3 is 2.06 bits per heavy atom. The average Bonchev–Trinajstić information content (AvgIpc) is 2.15. The van der Waals surface area contributed by atoms with E-state index in [-0.39, 0.29) is 28.5 Å². The van der Waals surface area contributed by atoms with Gasteiger partial charge in [0.15, 0.2) is 0 Å². The highest BCUT2D eigenvalue weighted by atomic mass is 35.5. The number of carbonyl (C=O) groups is 2. The van der Waals surface area contributed by atoms with Crippen molar-refractivity contribution in [1.82, 2.24) is 5.32 Å². The minimum absolute atomic E-state index is 0.0359. The largest absolute Gasteiger partial charge is 0.351 e. The van der Waals surface area contributed by atoms with E-state index in [0.29, 0.717) is 0 Å². The van der Waals surface area contributed by atoms with Crippen molar-refractivity contribution >= 4 is 22.8 Å². The summed E-state index contributed by atoms with van der Waals surface area (Å²) >= 11 is 5.55. The molecular weight excluding hydrogens is 226 g/mol. The predicted molar refractivity (Wildman–Crippen MR) is 64.2 cm³/mol. The third kappa shape index (κ3) is 3.78. The maximum absolute atomic E-state index is 12.0. The zero-order chi connectivity index (χ0) is 12.3. The summed E-state index contributed by atoms with van der Waals surface area (Å²) in [5.74, 6) is -0.568. The smallest absolute Gasteiger partial charge is 0.225 e. The molecule has 1 amide bonds. The van der Waals surface area contributed by atoms with Gasteiger partial charge in [0.25, 0.3) is 0 Å². The van der Waals surface area contributed by atoms with Gasteiger partial charge >= 0.3 is 0 Å². The van der Waals surface area contributed by atoms with Gasteiger partial charge in [0.2, 0.25) is 11.1 Å². The van der Waals surface area contributed by atoms with Crippen LogP contribution in [0.3, 0.4) is 0 Å². The molecule has 0 aromatic rings. The fraction of sp³-hybridized carbons (Fsp3) is 0.833. The molecule has 0 heterocycles. The molecule has 0 radical (unpaired) electrons. The number of hydrogen-bond acceptors (Lipinski definition) is 2. The van der Waals surface area contributed by atoms with Gasteiger partial charge in [-0.3, -0.25) is 9.59 Å². The molecule has 1 aliphatic rings. The summed E-state index contributed by atoms with van der Waals surface area (Å²) in [7, 11) is 0. The SMILES string of the molecule is CC(C)(C)NC(=O)C1CCCCC1C(=O)Cl. The lowest BCUT2D eigenvalue weighted by atomic mass is 9.79. The van der Waals surface area contributed by atoms with E-state index in [1.54, 1.807) is 0 Å². The number of hydrogen-bond donors (Lipinski definition) is 1. The molecule has 4 heteroatoms. The summed E-state index contributed by atoms with van der Waals surface area (Å²) in [4.78, 5) is 23.3. The van der Waals surface area contributed by atoms with Crippen LogP contribution < -0.4 is 5.32 Å². The Balaban J connectivity index is 2.68. The molecule has 3 nitrogen and oxygen atoms in total. The van der Waals surface area contributed by atoms with Crippen LogP contribution in [-0.4, -0.2) is 16.7 Å². The molecule has 1 N–H and O–H groups in total. The monoisotopic (exact) mass is 245 g/mol. The highest BCUT2D eigenvalue weighted by Crippen LogP contribution is 2.32. The Hall–Kier alpha value is -0.570. The lowest BCUT2D eigenvalue weighted by molar-refractivity contribution is -0.133. The first-order valence-corrected chi connectivity index (χ1v) is 6.20. The van der Waals surface area contributed by atoms with Crippen LogP contribution in [0.5, 0.6) is 0 Å². The lowest BCUT2D eigenvalue weighted by Crippen LogP contribution is -2.47. The van der Waals surface area contributed by atoms with Crippen molar-refractivity contribution in [3.05, 3.63) is 0 Å². The molecule has 0 bridgehead atoms. The van der Waals surface area contributed by atoms with E-state index >= 15 is 0 Å². The molecule has 0 aromatic heterocycles. The van der Waals surface area contributed by atoms with Crippen molar-refractivity contribution in [3.63, 3.8) is 0 Å². The zero-order valence-electron chi connectivity index (χ0n) is 10.2. The van der Waals surface area contributed by atoms with Crippen LogP contribution in [0.4, 0.5) is 0 Å². The van der Waals surface area contributed by atoms with E-state index in [4.69, 9.17) is 11.6 Å². The molecule has 1 rings (SSSR count). The third-order valence-corrected chi connectivity index (χ3v) is 3.17. The first kappa shape index (κ1) is 13.5. The van der Waals surface area contributed by atoms with Gasteiger partial charge in [0.1, 0.15) is 0 Å². The Labute approximate surface area is 102 Å². The molecule has 0 spiro atoms. The molecule has 16 heavy (non-hydrogen) atoms. The summed E-state index contributed by atoms with van der Waals surface area (Å²) in [6, 6.07) is 0. The van der Waals surface area contributed by atoms with Gasteiger partial charge in [0.05, 0.1) is 0 Å². The van der Waals surface area contributed by atoms with Crippen molar-refractivity contribution in [2.45, 2.75) is 52.0 Å².